The molecule has 0 saturated carbocycles. The van der Waals surface area contributed by atoms with E-state index in [2.05, 4.69) is 11.9 Å². The summed E-state index contributed by atoms with van der Waals surface area (Å²) >= 11 is 0. The van der Waals surface area contributed by atoms with Crippen LogP contribution in [0.4, 0.5) is 0 Å². The van der Waals surface area contributed by atoms with Crippen molar-refractivity contribution in [2.24, 2.45) is 10.7 Å². The molecule has 0 fully saturated rings. The average molecular weight is 156 g/mol. The van der Waals surface area contributed by atoms with Gasteiger partial charge in [-0.2, -0.15) is 0 Å². The Morgan fingerprint density at radius 2 is 2.55 bits per heavy atom. The molecular formula is C8H16N2O. The molecule has 0 aromatic heterocycles. The van der Waals surface area contributed by atoms with Crippen LogP contribution in [-0.2, 0) is 4.74 Å². The van der Waals surface area contributed by atoms with Gasteiger partial charge in [0, 0.05) is 6.42 Å². The predicted octanol–water partition coefficient (Wildman–Crippen LogP) is 0.933. The SMILES string of the molecule is CCCC1=NCC(CCN)O1. The number of hydrogen-bond donors (Lipinski definition) is 1. The van der Waals surface area contributed by atoms with E-state index >= 15 is 0 Å². The summed E-state index contributed by atoms with van der Waals surface area (Å²) in [5, 5.41) is 0. The molecule has 0 saturated heterocycles. The third-order valence-electron chi connectivity index (χ3n) is 1.73. The molecule has 0 spiro atoms. The van der Waals surface area contributed by atoms with Gasteiger partial charge in [0.1, 0.15) is 6.10 Å². The van der Waals surface area contributed by atoms with Gasteiger partial charge in [-0.1, -0.05) is 6.92 Å². The topological polar surface area (TPSA) is 47.6 Å². The summed E-state index contributed by atoms with van der Waals surface area (Å²) in [6.45, 7) is 3.63. The zero-order valence-corrected chi connectivity index (χ0v) is 7.05. The molecule has 11 heavy (non-hydrogen) atoms. The van der Waals surface area contributed by atoms with E-state index in [0.717, 1.165) is 31.7 Å². The lowest BCUT2D eigenvalue weighted by atomic mass is 10.2. The van der Waals surface area contributed by atoms with Crippen LogP contribution in [0, 0.1) is 0 Å². The Hall–Kier alpha value is -0.570. The van der Waals surface area contributed by atoms with E-state index in [0.29, 0.717) is 6.54 Å². The van der Waals surface area contributed by atoms with Gasteiger partial charge in [-0.15, -0.1) is 0 Å². The van der Waals surface area contributed by atoms with Crippen LogP contribution in [0.3, 0.4) is 0 Å². The van der Waals surface area contributed by atoms with E-state index in [-0.39, 0.29) is 6.10 Å². The van der Waals surface area contributed by atoms with Crippen LogP contribution in [0.5, 0.6) is 0 Å². The van der Waals surface area contributed by atoms with Crippen molar-refractivity contribution in [2.45, 2.75) is 32.3 Å². The molecule has 64 valence electrons. The normalized spacial score (nSPS) is 23.1. The third-order valence-corrected chi connectivity index (χ3v) is 1.73. The van der Waals surface area contributed by atoms with Crippen molar-refractivity contribution >= 4 is 5.90 Å². The van der Waals surface area contributed by atoms with Crippen LogP contribution in [-0.4, -0.2) is 25.1 Å². The van der Waals surface area contributed by atoms with E-state index in [1.54, 1.807) is 0 Å². The van der Waals surface area contributed by atoms with Crippen molar-refractivity contribution in [3.8, 4) is 0 Å². The second-order valence-electron chi connectivity index (χ2n) is 2.80. The van der Waals surface area contributed by atoms with E-state index < -0.39 is 0 Å². The second kappa shape index (κ2) is 4.34. The van der Waals surface area contributed by atoms with Gasteiger partial charge in [0.05, 0.1) is 6.54 Å². The molecule has 1 aliphatic rings. The smallest absolute Gasteiger partial charge is 0.183 e. The van der Waals surface area contributed by atoms with E-state index in [1.807, 2.05) is 0 Å². The molecule has 1 rings (SSSR count). The lowest BCUT2D eigenvalue weighted by Crippen LogP contribution is -2.17. The molecule has 1 heterocycles. The van der Waals surface area contributed by atoms with Crippen molar-refractivity contribution < 1.29 is 4.74 Å². The Morgan fingerprint density at radius 1 is 1.73 bits per heavy atom. The molecule has 0 bridgehead atoms. The Morgan fingerprint density at radius 3 is 3.18 bits per heavy atom. The lowest BCUT2D eigenvalue weighted by Gasteiger charge is -2.08. The molecule has 1 unspecified atom stereocenters. The summed E-state index contributed by atoms with van der Waals surface area (Å²) in [7, 11) is 0. The number of nitrogens with two attached hydrogens (primary N) is 1. The van der Waals surface area contributed by atoms with E-state index in [1.165, 1.54) is 0 Å². The molecule has 1 atom stereocenters. The Labute approximate surface area is 67.6 Å². The Kier molecular flexibility index (Phi) is 3.36. The summed E-state index contributed by atoms with van der Waals surface area (Å²) in [6.07, 6.45) is 3.27. The molecule has 0 aromatic rings. The van der Waals surface area contributed by atoms with Gasteiger partial charge in [-0.3, -0.25) is 4.99 Å². The van der Waals surface area contributed by atoms with Crippen molar-refractivity contribution in [3.05, 3.63) is 0 Å². The van der Waals surface area contributed by atoms with Gasteiger partial charge in [0.2, 0.25) is 0 Å². The zero-order valence-electron chi connectivity index (χ0n) is 7.05. The first kappa shape index (κ1) is 8.53. The highest BCUT2D eigenvalue weighted by molar-refractivity contribution is 5.77. The number of rotatable bonds is 4. The minimum Gasteiger partial charge on any atom is -0.476 e. The van der Waals surface area contributed by atoms with Crippen LogP contribution in [0.1, 0.15) is 26.2 Å². The van der Waals surface area contributed by atoms with Crippen LogP contribution < -0.4 is 5.73 Å². The van der Waals surface area contributed by atoms with Crippen LogP contribution >= 0.6 is 0 Å². The zero-order chi connectivity index (χ0) is 8.10. The van der Waals surface area contributed by atoms with Crippen LogP contribution in [0.25, 0.3) is 0 Å². The summed E-state index contributed by atoms with van der Waals surface area (Å²) in [6, 6.07) is 0. The quantitative estimate of drug-likeness (QED) is 0.658. The summed E-state index contributed by atoms with van der Waals surface area (Å²) in [5.74, 6) is 0.922. The summed E-state index contributed by atoms with van der Waals surface area (Å²) < 4.78 is 5.51. The minimum absolute atomic E-state index is 0.265. The predicted molar refractivity (Wildman–Crippen MR) is 45.8 cm³/mol. The van der Waals surface area contributed by atoms with Gasteiger partial charge in [-0.25, -0.2) is 0 Å². The maximum Gasteiger partial charge on any atom is 0.183 e. The number of hydrogen-bond acceptors (Lipinski definition) is 3. The maximum absolute atomic E-state index is 5.51. The van der Waals surface area contributed by atoms with Crippen LogP contribution in [0.2, 0.25) is 0 Å². The van der Waals surface area contributed by atoms with Gasteiger partial charge >= 0.3 is 0 Å². The van der Waals surface area contributed by atoms with Gasteiger partial charge in [0.25, 0.3) is 0 Å². The maximum atomic E-state index is 5.51. The first-order valence-corrected chi connectivity index (χ1v) is 4.27. The highest BCUT2D eigenvalue weighted by Crippen LogP contribution is 2.10. The molecule has 0 radical (unpaired) electrons. The number of aliphatic imine (C=N–C) groups is 1. The van der Waals surface area contributed by atoms with Crippen molar-refractivity contribution in [2.75, 3.05) is 13.1 Å². The summed E-state index contributed by atoms with van der Waals surface area (Å²) in [5.41, 5.74) is 5.40. The Bertz CT molecular complexity index is 145. The fourth-order valence-corrected chi connectivity index (χ4v) is 1.16. The Balaban J connectivity index is 2.19. The van der Waals surface area contributed by atoms with Gasteiger partial charge in [0.15, 0.2) is 5.90 Å². The van der Waals surface area contributed by atoms with Crippen LogP contribution in [0.15, 0.2) is 4.99 Å². The molecule has 3 nitrogen and oxygen atoms in total. The molecule has 0 amide bonds. The number of ether oxygens (including phenoxy) is 1. The molecular weight excluding hydrogens is 140 g/mol. The summed E-state index contributed by atoms with van der Waals surface area (Å²) in [4.78, 5) is 4.26. The van der Waals surface area contributed by atoms with E-state index in [9.17, 15) is 0 Å². The van der Waals surface area contributed by atoms with Crippen molar-refractivity contribution in [1.82, 2.24) is 0 Å². The molecule has 0 aromatic carbocycles. The first-order chi connectivity index (χ1) is 5.36. The second-order valence-corrected chi connectivity index (χ2v) is 2.80. The molecule has 1 aliphatic heterocycles. The average Bonchev–Trinajstić information content (AvgIpc) is 2.38. The van der Waals surface area contributed by atoms with E-state index in [4.69, 9.17) is 10.5 Å². The fourth-order valence-electron chi connectivity index (χ4n) is 1.16. The van der Waals surface area contributed by atoms with Crippen molar-refractivity contribution in [1.29, 1.82) is 0 Å². The standard InChI is InChI=1S/C8H16N2O/c1-2-3-8-10-6-7(11-8)4-5-9/h7H,2-6,9H2,1H3. The highest BCUT2D eigenvalue weighted by Gasteiger charge is 2.17. The molecule has 3 heteroatoms. The molecule has 0 aliphatic carbocycles. The first-order valence-electron chi connectivity index (χ1n) is 4.27. The largest absolute Gasteiger partial charge is 0.476 e. The van der Waals surface area contributed by atoms with Gasteiger partial charge in [-0.05, 0) is 19.4 Å². The third kappa shape index (κ3) is 2.50. The minimum atomic E-state index is 0.265. The highest BCUT2D eigenvalue weighted by atomic mass is 16.5. The van der Waals surface area contributed by atoms with Crippen molar-refractivity contribution in [3.63, 3.8) is 0 Å². The van der Waals surface area contributed by atoms with Gasteiger partial charge < -0.3 is 10.5 Å². The lowest BCUT2D eigenvalue weighted by molar-refractivity contribution is 0.210. The molecule has 2 N–H and O–H groups in total. The fraction of sp³-hybridized carbons (Fsp3) is 0.875. The number of nitrogens with zero attached hydrogens (tertiary/aromatic N) is 1. The monoisotopic (exact) mass is 156 g/mol.